The van der Waals surface area contributed by atoms with Crippen LogP contribution < -0.4 is 0 Å². The Hall–Kier alpha value is -2.21. The molecule has 1 amide bonds. The smallest absolute Gasteiger partial charge is 0.254 e. The molecule has 2 aliphatic heterocycles. The number of carbonyl (C=O) groups excluding carboxylic acids is 1. The second-order valence-electron chi connectivity index (χ2n) is 8.11. The third-order valence-corrected chi connectivity index (χ3v) is 6.10. The predicted octanol–water partition coefficient (Wildman–Crippen LogP) is 3.20. The topological polar surface area (TPSA) is 54.3 Å². The van der Waals surface area contributed by atoms with Crippen LogP contribution in [0.3, 0.4) is 0 Å². The van der Waals surface area contributed by atoms with Crippen molar-refractivity contribution >= 4 is 5.91 Å². The van der Waals surface area contributed by atoms with Crippen LogP contribution in [0.25, 0.3) is 0 Å². The van der Waals surface area contributed by atoms with Crippen molar-refractivity contribution in [3.8, 4) is 0 Å². The quantitative estimate of drug-likeness (QED) is 0.798. The van der Waals surface area contributed by atoms with Crippen molar-refractivity contribution in [3.63, 3.8) is 0 Å². The SMILES string of the molecule is O=C(c1ccccc1Cn1cncn1)N1CCCCC1CN1CCCCCC1. The van der Waals surface area contributed by atoms with Crippen LogP contribution in [-0.4, -0.2) is 62.7 Å². The van der Waals surface area contributed by atoms with Gasteiger partial charge in [0.05, 0.1) is 6.54 Å². The maximum atomic E-state index is 13.5. The lowest BCUT2D eigenvalue weighted by Gasteiger charge is -2.39. The summed E-state index contributed by atoms with van der Waals surface area (Å²) in [6.45, 7) is 4.83. The van der Waals surface area contributed by atoms with Crippen molar-refractivity contribution in [2.75, 3.05) is 26.2 Å². The van der Waals surface area contributed by atoms with Crippen LogP contribution in [0.2, 0.25) is 0 Å². The molecule has 0 N–H and O–H groups in total. The molecular formula is C22H31N5O. The van der Waals surface area contributed by atoms with Crippen molar-refractivity contribution in [2.45, 2.75) is 57.5 Å². The average molecular weight is 382 g/mol. The van der Waals surface area contributed by atoms with E-state index in [1.54, 1.807) is 11.0 Å². The molecule has 1 aromatic carbocycles. The predicted molar refractivity (Wildman–Crippen MR) is 109 cm³/mol. The number of amides is 1. The average Bonchev–Trinajstić information content (AvgIpc) is 3.10. The number of aromatic nitrogens is 3. The number of hydrogen-bond donors (Lipinski definition) is 0. The van der Waals surface area contributed by atoms with E-state index < -0.39 is 0 Å². The fourth-order valence-corrected chi connectivity index (χ4v) is 4.58. The number of carbonyl (C=O) groups is 1. The van der Waals surface area contributed by atoms with E-state index in [9.17, 15) is 4.79 Å². The summed E-state index contributed by atoms with van der Waals surface area (Å²) in [7, 11) is 0. The maximum Gasteiger partial charge on any atom is 0.254 e. The van der Waals surface area contributed by atoms with E-state index in [1.807, 2.05) is 24.3 Å². The molecule has 2 aromatic rings. The van der Waals surface area contributed by atoms with E-state index in [0.717, 1.165) is 37.1 Å². The van der Waals surface area contributed by atoms with Gasteiger partial charge in [-0.25, -0.2) is 9.67 Å². The van der Waals surface area contributed by atoms with Crippen molar-refractivity contribution in [1.82, 2.24) is 24.6 Å². The normalized spacial score (nSPS) is 21.4. The minimum Gasteiger partial charge on any atom is -0.334 e. The van der Waals surface area contributed by atoms with Crippen molar-refractivity contribution in [3.05, 3.63) is 48.0 Å². The van der Waals surface area contributed by atoms with Gasteiger partial charge in [0.2, 0.25) is 0 Å². The molecule has 0 radical (unpaired) electrons. The summed E-state index contributed by atoms with van der Waals surface area (Å²) >= 11 is 0. The zero-order chi connectivity index (χ0) is 19.2. The molecule has 0 bridgehead atoms. The van der Waals surface area contributed by atoms with Gasteiger partial charge in [-0.05, 0) is 56.8 Å². The monoisotopic (exact) mass is 381 g/mol. The molecule has 4 rings (SSSR count). The zero-order valence-corrected chi connectivity index (χ0v) is 16.7. The molecule has 6 heteroatoms. The van der Waals surface area contributed by atoms with Crippen LogP contribution in [-0.2, 0) is 6.54 Å². The first-order chi connectivity index (χ1) is 13.8. The minimum absolute atomic E-state index is 0.176. The summed E-state index contributed by atoms with van der Waals surface area (Å²) in [5.74, 6) is 0.176. The van der Waals surface area contributed by atoms with Gasteiger partial charge in [-0.3, -0.25) is 4.79 Å². The molecule has 150 valence electrons. The first-order valence-corrected chi connectivity index (χ1v) is 10.7. The van der Waals surface area contributed by atoms with Gasteiger partial charge in [0, 0.05) is 24.7 Å². The summed E-state index contributed by atoms with van der Waals surface area (Å²) in [6, 6.07) is 8.29. The number of piperidine rings is 1. The molecule has 1 aromatic heterocycles. The van der Waals surface area contributed by atoms with Crippen LogP contribution in [0.15, 0.2) is 36.9 Å². The Kier molecular flexibility index (Phi) is 6.37. The summed E-state index contributed by atoms with van der Waals surface area (Å²) < 4.78 is 1.77. The number of likely N-dealkylation sites (tertiary alicyclic amines) is 2. The van der Waals surface area contributed by atoms with Gasteiger partial charge in [-0.15, -0.1) is 0 Å². The van der Waals surface area contributed by atoms with Crippen LogP contribution >= 0.6 is 0 Å². The molecule has 0 spiro atoms. The van der Waals surface area contributed by atoms with Crippen molar-refractivity contribution in [1.29, 1.82) is 0 Å². The lowest BCUT2D eigenvalue weighted by atomic mass is 9.98. The van der Waals surface area contributed by atoms with Crippen LogP contribution in [0, 0.1) is 0 Å². The van der Waals surface area contributed by atoms with Crippen molar-refractivity contribution < 1.29 is 4.79 Å². The molecule has 2 aliphatic rings. The highest BCUT2D eigenvalue weighted by molar-refractivity contribution is 5.96. The van der Waals surface area contributed by atoms with Gasteiger partial charge in [0.1, 0.15) is 12.7 Å². The van der Waals surface area contributed by atoms with E-state index in [4.69, 9.17) is 0 Å². The Balaban J connectivity index is 1.50. The van der Waals surface area contributed by atoms with Gasteiger partial charge in [0.25, 0.3) is 5.91 Å². The van der Waals surface area contributed by atoms with Gasteiger partial charge in [-0.1, -0.05) is 31.0 Å². The van der Waals surface area contributed by atoms with Crippen LogP contribution in [0.4, 0.5) is 0 Å². The lowest BCUT2D eigenvalue weighted by Crippen LogP contribution is -2.49. The highest BCUT2D eigenvalue weighted by atomic mass is 16.2. The van der Waals surface area contributed by atoms with E-state index in [1.165, 1.54) is 51.5 Å². The Bertz CT molecular complexity index is 752. The summed E-state index contributed by atoms with van der Waals surface area (Å²) in [5, 5.41) is 4.20. The van der Waals surface area contributed by atoms with E-state index in [-0.39, 0.29) is 5.91 Å². The molecule has 3 heterocycles. The minimum atomic E-state index is 0.176. The number of benzene rings is 1. The standard InChI is InChI=1S/C22H31N5O/c28-22(21-11-4-3-9-19(21)15-26-18-23-17-24-26)27-14-8-5-10-20(27)16-25-12-6-1-2-7-13-25/h3-4,9,11,17-18,20H,1-2,5-8,10,12-16H2. The molecule has 2 saturated heterocycles. The molecule has 0 saturated carbocycles. The fourth-order valence-electron chi connectivity index (χ4n) is 4.58. The summed E-state index contributed by atoms with van der Waals surface area (Å²) in [5.41, 5.74) is 1.82. The second-order valence-corrected chi connectivity index (χ2v) is 8.11. The van der Waals surface area contributed by atoms with Crippen LogP contribution in [0.1, 0.15) is 60.9 Å². The first kappa shape index (κ1) is 19.1. The summed E-state index contributed by atoms with van der Waals surface area (Å²) in [6.07, 6.45) is 12.0. The Morgan fingerprint density at radius 3 is 2.57 bits per heavy atom. The molecule has 0 aliphatic carbocycles. The third-order valence-electron chi connectivity index (χ3n) is 6.10. The first-order valence-electron chi connectivity index (χ1n) is 10.7. The Morgan fingerprint density at radius 2 is 1.79 bits per heavy atom. The molecule has 1 unspecified atom stereocenters. The van der Waals surface area contributed by atoms with Gasteiger partial charge in [-0.2, -0.15) is 5.10 Å². The lowest BCUT2D eigenvalue weighted by molar-refractivity contribution is 0.0546. The second kappa shape index (κ2) is 9.32. The summed E-state index contributed by atoms with van der Waals surface area (Å²) in [4.78, 5) is 22.3. The third kappa shape index (κ3) is 4.61. The molecule has 6 nitrogen and oxygen atoms in total. The van der Waals surface area contributed by atoms with Crippen LogP contribution in [0.5, 0.6) is 0 Å². The molecule has 28 heavy (non-hydrogen) atoms. The largest absolute Gasteiger partial charge is 0.334 e. The van der Waals surface area contributed by atoms with E-state index >= 15 is 0 Å². The van der Waals surface area contributed by atoms with E-state index in [0.29, 0.717) is 12.6 Å². The highest BCUT2D eigenvalue weighted by Crippen LogP contribution is 2.23. The number of nitrogens with zero attached hydrogens (tertiary/aromatic N) is 5. The fraction of sp³-hybridized carbons (Fsp3) is 0.591. The molecule has 1 atom stereocenters. The Labute approximate surface area is 167 Å². The maximum absolute atomic E-state index is 13.5. The van der Waals surface area contributed by atoms with Gasteiger partial charge in [0.15, 0.2) is 0 Å². The van der Waals surface area contributed by atoms with Gasteiger partial charge < -0.3 is 9.80 Å². The highest BCUT2D eigenvalue weighted by Gasteiger charge is 2.30. The molecular weight excluding hydrogens is 350 g/mol. The van der Waals surface area contributed by atoms with E-state index in [2.05, 4.69) is 19.9 Å². The molecule has 2 fully saturated rings. The van der Waals surface area contributed by atoms with Crippen molar-refractivity contribution in [2.24, 2.45) is 0 Å². The zero-order valence-electron chi connectivity index (χ0n) is 16.7. The van der Waals surface area contributed by atoms with Gasteiger partial charge >= 0.3 is 0 Å². The Morgan fingerprint density at radius 1 is 1.00 bits per heavy atom. The number of hydrogen-bond acceptors (Lipinski definition) is 4. The number of rotatable bonds is 5.